The third-order valence-electron chi connectivity index (χ3n) is 7.09. The summed E-state index contributed by atoms with van der Waals surface area (Å²) in [7, 11) is 0. The lowest BCUT2D eigenvalue weighted by Crippen LogP contribution is -2.58. The van der Waals surface area contributed by atoms with E-state index in [1.54, 1.807) is 0 Å². The van der Waals surface area contributed by atoms with Crippen LogP contribution in [0.2, 0.25) is 0 Å². The molecule has 10 heteroatoms. The molecular weight excluding hydrogens is 472 g/mol. The summed E-state index contributed by atoms with van der Waals surface area (Å²) in [6.45, 7) is 6.30. The van der Waals surface area contributed by atoms with Gasteiger partial charge in [-0.3, -0.25) is 0 Å². The summed E-state index contributed by atoms with van der Waals surface area (Å²) < 4.78 is 10.9. The molecule has 2 aliphatic rings. The number of rotatable bonds is 2. The van der Waals surface area contributed by atoms with Crippen molar-refractivity contribution in [3.8, 4) is 23.7 Å². The monoisotopic (exact) mass is 506 g/mol. The third kappa shape index (κ3) is 5.30. The fraction of sp³-hybridized carbons (Fsp3) is 0.615. The highest BCUT2D eigenvalue weighted by atomic mass is 16.5. The van der Waals surface area contributed by atoms with Crippen molar-refractivity contribution in [1.82, 2.24) is 0 Å². The van der Waals surface area contributed by atoms with Gasteiger partial charge >= 0.3 is 0 Å². The van der Waals surface area contributed by atoms with Crippen molar-refractivity contribution in [3.63, 3.8) is 0 Å². The molecule has 10 unspecified atom stereocenters. The van der Waals surface area contributed by atoms with Gasteiger partial charge < -0.3 is 50.3 Å². The van der Waals surface area contributed by atoms with Crippen LogP contribution >= 0.6 is 0 Å². The quantitative estimate of drug-likeness (QED) is 0.197. The predicted molar refractivity (Wildman–Crippen MR) is 127 cm³/mol. The van der Waals surface area contributed by atoms with Crippen LogP contribution in [-0.4, -0.2) is 115 Å². The van der Waals surface area contributed by atoms with Crippen molar-refractivity contribution < 1.29 is 50.3 Å². The number of benzene rings is 1. The van der Waals surface area contributed by atoms with Crippen molar-refractivity contribution in [3.05, 3.63) is 33.4 Å². The lowest BCUT2D eigenvalue weighted by atomic mass is 9.88. The highest BCUT2D eigenvalue weighted by Gasteiger charge is 2.43. The van der Waals surface area contributed by atoms with Crippen LogP contribution in [0.3, 0.4) is 0 Å². The molecule has 2 saturated heterocycles. The predicted octanol–water partition coefficient (Wildman–Crippen LogP) is -2.69. The van der Waals surface area contributed by atoms with Gasteiger partial charge in [0.1, 0.15) is 61.0 Å². The summed E-state index contributed by atoms with van der Waals surface area (Å²) in [6, 6.07) is 0. The zero-order valence-electron chi connectivity index (χ0n) is 20.6. The van der Waals surface area contributed by atoms with Gasteiger partial charge in [-0.25, -0.2) is 0 Å². The van der Waals surface area contributed by atoms with E-state index in [0.29, 0.717) is 11.1 Å². The van der Waals surface area contributed by atoms with E-state index in [2.05, 4.69) is 23.7 Å². The van der Waals surface area contributed by atoms with Gasteiger partial charge in [0.15, 0.2) is 0 Å². The number of hydrogen-bond acceptors (Lipinski definition) is 10. The number of hydrogen-bond donors (Lipinski definition) is 8. The van der Waals surface area contributed by atoms with Gasteiger partial charge in [-0.1, -0.05) is 23.7 Å². The van der Waals surface area contributed by atoms with Gasteiger partial charge in [-0.2, -0.15) is 0 Å². The minimum absolute atomic E-state index is 0.540. The summed E-state index contributed by atoms with van der Waals surface area (Å²) in [5.41, 5.74) is 4.53. The molecule has 2 aliphatic heterocycles. The Morgan fingerprint density at radius 3 is 1.11 bits per heavy atom. The Kier molecular flexibility index (Phi) is 9.15. The molecule has 0 saturated carbocycles. The average molecular weight is 507 g/mol. The first-order valence-electron chi connectivity index (χ1n) is 11.7. The van der Waals surface area contributed by atoms with E-state index in [4.69, 9.17) is 9.47 Å². The summed E-state index contributed by atoms with van der Waals surface area (Å²) in [5, 5.41) is 79.2. The molecule has 0 amide bonds. The van der Waals surface area contributed by atoms with Gasteiger partial charge in [-0.05, 0) is 49.9 Å². The Labute approximate surface area is 209 Å². The topological polar surface area (TPSA) is 180 Å². The molecule has 8 N–H and O–H groups in total. The van der Waals surface area contributed by atoms with Crippen molar-refractivity contribution >= 4 is 0 Å². The van der Waals surface area contributed by atoms with Crippen LogP contribution in [0.4, 0.5) is 0 Å². The first kappa shape index (κ1) is 28.5. The number of aliphatic hydroxyl groups is 8. The number of ether oxygens (including phenoxy) is 2. The third-order valence-corrected chi connectivity index (χ3v) is 7.09. The van der Waals surface area contributed by atoms with Crippen molar-refractivity contribution in [2.24, 2.45) is 0 Å². The molecule has 0 aliphatic carbocycles. The van der Waals surface area contributed by atoms with Crippen molar-refractivity contribution in [2.45, 2.75) is 88.7 Å². The minimum Gasteiger partial charge on any atom is -0.394 e. The lowest BCUT2D eigenvalue weighted by molar-refractivity contribution is -0.214. The van der Waals surface area contributed by atoms with Crippen LogP contribution in [0.25, 0.3) is 0 Å². The van der Waals surface area contributed by atoms with Crippen LogP contribution in [0.15, 0.2) is 0 Å². The molecule has 2 heterocycles. The molecule has 0 aromatic heterocycles. The van der Waals surface area contributed by atoms with E-state index in [1.165, 1.54) is 0 Å². The molecular formula is C26H34O10. The highest BCUT2D eigenvalue weighted by Crippen LogP contribution is 2.27. The van der Waals surface area contributed by atoms with E-state index < -0.39 is 74.3 Å². The molecule has 198 valence electrons. The lowest BCUT2D eigenvalue weighted by Gasteiger charge is -2.37. The van der Waals surface area contributed by atoms with Gasteiger partial charge in [0, 0.05) is 11.1 Å². The molecule has 0 spiro atoms. The van der Waals surface area contributed by atoms with E-state index in [0.717, 1.165) is 22.3 Å². The average Bonchev–Trinajstić information content (AvgIpc) is 2.87. The van der Waals surface area contributed by atoms with Gasteiger partial charge in [-0.15, -0.1) is 0 Å². The van der Waals surface area contributed by atoms with Crippen LogP contribution in [0.5, 0.6) is 0 Å². The molecule has 10 nitrogen and oxygen atoms in total. The zero-order chi connectivity index (χ0) is 26.9. The second-order valence-electron chi connectivity index (χ2n) is 9.29. The Balaban J connectivity index is 1.93. The Hall–Kier alpha value is -2.06. The Bertz CT molecular complexity index is 962. The van der Waals surface area contributed by atoms with E-state index >= 15 is 0 Å². The van der Waals surface area contributed by atoms with E-state index in [9.17, 15) is 40.9 Å². The van der Waals surface area contributed by atoms with Gasteiger partial charge in [0.05, 0.1) is 13.2 Å². The second kappa shape index (κ2) is 11.5. The smallest absolute Gasteiger partial charge is 0.147 e. The summed E-state index contributed by atoms with van der Waals surface area (Å²) in [4.78, 5) is 0. The summed E-state index contributed by atoms with van der Waals surface area (Å²) >= 11 is 0. The summed E-state index contributed by atoms with van der Waals surface area (Å²) in [6.07, 6.45) is -13.2. The fourth-order valence-corrected chi connectivity index (χ4v) is 4.42. The standard InChI is InChI=1S/C26H34O10/c1-11-12(2)16(6-8-18-22(30)26(34)24(32)20(10-28)36-18)14(4)13(3)15(11)5-7-17-21(29)25(33)23(31)19(9-27)35-17/h17-34H,9-10H2,1-4H3. The van der Waals surface area contributed by atoms with Crippen LogP contribution in [0, 0.1) is 51.4 Å². The maximum absolute atomic E-state index is 10.3. The van der Waals surface area contributed by atoms with Crippen molar-refractivity contribution in [2.75, 3.05) is 13.2 Å². The van der Waals surface area contributed by atoms with E-state index in [1.807, 2.05) is 27.7 Å². The Morgan fingerprint density at radius 1 is 0.528 bits per heavy atom. The maximum atomic E-state index is 10.3. The zero-order valence-corrected chi connectivity index (χ0v) is 20.6. The SMILES string of the molecule is Cc1c(C)c(C#CC2OC(CO)C(O)C(O)C2O)c(C)c(C)c1C#CC1OC(CO)C(O)C(O)C1O. The highest BCUT2D eigenvalue weighted by molar-refractivity contribution is 5.61. The molecule has 1 aromatic rings. The van der Waals surface area contributed by atoms with Crippen LogP contribution in [-0.2, 0) is 9.47 Å². The maximum Gasteiger partial charge on any atom is 0.147 e. The van der Waals surface area contributed by atoms with Gasteiger partial charge in [0.25, 0.3) is 0 Å². The molecule has 36 heavy (non-hydrogen) atoms. The second-order valence-corrected chi connectivity index (χ2v) is 9.29. The minimum atomic E-state index is -1.51. The first-order chi connectivity index (χ1) is 16.9. The molecule has 2 fully saturated rings. The molecule has 0 bridgehead atoms. The molecule has 10 atom stereocenters. The molecule has 3 rings (SSSR count). The number of aliphatic hydroxyl groups excluding tert-OH is 8. The van der Waals surface area contributed by atoms with Crippen LogP contribution in [0.1, 0.15) is 33.4 Å². The molecule has 0 radical (unpaired) electrons. The van der Waals surface area contributed by atoms with Gasteiger partial charge in [0.2, 0.25) is 0 Å². The summed E-state index contributed by atoms with van der Waals surface area (Å²) in [5.74, 6) is 11.6. The fourth-order valence-electron chi connectivity index (χ4n) is 4.42. The molecule has 1 aromatic carbocycles. The van der Waals surface area contributed by atoms with Crippen LogP contribution < -0.4 is 0 Å². The Morgan fingerprint density at radius 2 is 0.833 bits per heavy atom. The van der Waals surface area contributed by atoms with Crippen molar-refractivity contribution in [1.29, 1.82) is 0 Å². The largest absolute Gasteiger partial charge is 0.394 e. The van der Waals surface area contributed by atoms with E-state index in [-0.39, 0.29) is 0 Å². The first-order valence-corrected chi connectivity index (χ1v) is 11.7. The normalized spacial score (nSPS) is 36.4.